The molecule has 0 fully saturated rings. The zero-order valence-electron chi connectivity index (χ0n) is 6.16. The van der Waals surface area contributed by atoms with Crippen LogP contribution in [0.15, 0.2) is 10.9 Å². The molecule has 56 valence electrons. The fourth-order valence-corrected chi connectivity index (χ4v) is 0.981. The summed E-state index contributed by atoms with van der Waals surface area (Å²) in [5.41, 5.74) is 5.44. The van der Waals surface area contributed by atoms with E-state index >= 15 is 0 Å². The van der Waals surface area contributed by atoms with Crippen LogP contribution in [-0.4, -0.2) is 9.36 Å². The molecule has 1 heterocycles. The first-order chi connectivity index (χ1) is 4.66. The van der Waals surface area contributed by atoms with Gasteiger partial charge in [-0.1, -0.05) is 0 Å². The molecule has 4 nitrogen and oxygen atoms in total. The lowest BCUT2D eigenvalue weighted by Gasteiger charge is -2.04. The first-order valence-electron chi connectivity index (χ1n) is 3.19. The summed E-state index contributed by atoms with van der Waals surface area (Å²) in [7, 11) is 1.70. The molecular formula is C6H11N3O. The van der Waals surface area contributed by atoms with Gasteiger partial charge in [-0.05, 0) is 6.92 Å². The highest BCUT2D eigenvalue weighted by molar-refractivity contribution is 5.26. The van der Waals surface area contributed by atoms with Crippen LogP contribution >= 0.6 is 0 Å². The van der Waals surface area contributed by atoms with Gasteiger partial charge in [-0.25, -0.2) is 0 Å². The van der Waals surface area contributed by atoms with E-state index in [0.29, 0.717) is 5.82 Å². The molecule has 0 amide bonds. The number of rotatable bonds is 1. The molecule has 0 aromatic carbocycles. The van der Waals surface area contributed by atoms with Gasteiger partial charge in [0.2, 0.25) is 0 Å². The molecule has 1 aromatic heterocycles. The molecule has 0 aliphatic carbocycles. The molecule has 0 saturated heterocycles. The lowest BCUT2D eigenvalue weighted by molar-refractivity contribution is 0.530. The summed E-state index contributed by atoms with van der Waals surface area (Å²) in [6.07, 6.45) is 0. The van der Waals surface area contributed by atoms with E-state index in [0.717, 1.165) is 6.54 Å². The van der Waals surface area contributed by atoms with Gasteiger partial charge in [0, 0.05) is 19.7 Å². The molecule has 0 aliphatic rings. The highest BCUT2D eigenvalue weighted by Crippen LogP contribution is 1.96. The summed E-state index contributed by atoms with van der Waals surface area (Å²) in [5.74, 6) is 0.523. The molecule has 0 spiro atoms. The zero-order valence-corrected chi connectivity index (χ0v) is 6.16. The number of nitrogens with two attached hydrogens (primary N) is 1. The van der Waals surface area contributed by atoms with Crippen LogP contribution < -0.4 is 11.3 Å². The number of nitrogen functional groups attached to an aromatic ring is 1. The summed E-state index contributed by atoms with van der Waals surface area (Å²) >= 11 is 0. The second kappa shape index (κ2) is 2.21. The van der Waals surface area contributed by atoms with Crippen LogP contribution in [0.2, 0.25) is 0 Å². The van der Waals surface area contributed by atoms with Crippen LogP contribution in [0.5, 0.6) is 0 Å². The van der Waals surface area contributed by atoms with E-state index in [1.165, 1.54) is 10.7 Å². The highest BCUT2D eigenvalue weighted by atomic mass is 16.1. The molecule has 0 unspecified atom stereocenters. The number of hydrogen-bond donors (Lipinski definition) is 1. The normalized spacial score (nSPS) is 10.2. The van der Waals surface area contributed by atoms with E-state index in [1.54, 1.807) is 11.7 Å². The van der Waals surface area contributed by atoms with Crippen molar-refractivity contribution in [2.24, 2.45) is 7.05 Å². The second-order valence-electron chi connectivity index (χ2n) is 2.15. The molecule has 0 saturated carbocycles. The fourth-order valence-electron chi connectivity index (χ4n) is 0.981. The third-order valence-electron chi connectivity index (χ3n) is 1.55. The third kappa shape index (κ3) is 0.814. The van der Waals surface area contributed by atoms with Gasteiger partial charge >= 0.3 is 0 Å². The number of aromatic nitrogens is 2. The van der Waals surface area contributed by atoms with Gasteiger partial charge in [-0.3, -0.25) is 14.2 Å². The van der Waals surface area contributed by atoms with Crippen molar-refractivity contribution in [3.05, 3.63) is 16.4 Å². The minimum Gasteiger partial charge on any atom is -0.384 e. The maximum atomic E-state index is 10.9. The number of hydrogen-bond acceptors (Lipinski definition) is 2. The fraction of sp³-hybridized carbons (Fsp3) is 0.500. The molecule has 10 heavy (non-hydrogen) atoms. The molecule has 0 bridgehead atoms. The van der Waals surface area contributed by atoms with E-state index in [9.17, 15) is 4.79 Å². The molecule has 1 rings (SSSR count). The quantitative estimate of drug-likeness (QED) is 0.588. The molecule has 1 aromatic rings. The third-order valence-corrected chi connectivity index (χ3v) is 1.55. The van der Waals surface area contributed by atoms with Crippen molar-refractivity contribution in [3.8, 4) is 0 Å². The summed E-state index contributed by atoms with van der Waals surface area (Å²) < 4.78 is 3.21. The van der Waals surface area contributed by atoms with Gasteiger partial charge < -0.3 is 5.73 Å². The van der Waals surface area contributed by atoms with Crippen molar-refractivity contribution in [1.82, 2.24) is 9.36 Å². The van der Waals surface area contributed by atoms with Gasteiger partial charge in [0.05, 0.1) is 0 Å². The van der Waals surface area contributed by atoms with Crippen LogP contribution in [-0.2, 0) is 13.6 Å². The average Bonchev–Trinajstić information content (AvgIpc) is 2.09. The van der Waals surface area contributed by atoms with Crippen molar-refractivity contribution in [2.75, 3.05) is 5.73 Å². The topological polar surface area (TPSA) is 52.9 Å². The van der Waals surface area contributed by atoms with E-state index in [1.807, 2.05) is 6.92 Å². The van der Waals surface area contributed by atoms with Crippen LogP contribution in [0, 0.1) is 0 Å². The van der Waals surface area contributed by atoms with Crippen LogP contribution in [0.25, 0.3) is 0 Å². The van der Waals surface area contributed by atoms with Crippen LogP contribution in [0.3, 0.4) is 0 Å². The summed E-state index contributed by atoms with van der Waals surface area (Å²) in [5, 5.41) is 0. The zero-order chi connectivity index (χ0) is 7.72. The van der Waals surface area contributed by atoms with Crippen molar-refractivity contribution in [2.45, 2.75) is 13.5 Å². The number of nitrogens with zero attached hydrogens (tertiary/aromatic N) is 2. The SMILES string of the molecule is CCn1c(N)cc(=O)n1C. The summed E-state index contributed by atoms with van der Waals surface area (Å²) in [6.45, 7) is 2.67. The van der Waals surface area contributed by atoms with Gasteiger partial charge in [-0.2, -0.15) is 0 Å². The minimum atomic E-state index is -0.0562. The van der Waals surface area contributed by atoms with Crippen LogP contribution in [0.1, 0.15) is 6.92 Å². The van der Waals surface area contributed by atoms with E-state index < -0.39 is 0 Å². The Morgan fingerprint density at radius 1 is 1.70 bits per heavy atom. The Labute approximate surface area is 58.8 Å². The second-order valence-corrected chi connectivity index (χ2v) is 2.15. The Bertz CT molecular complexity index is 284. The first-order valence-corrected chi connectivity index (χ1v) is 3.19. The van der Waals surface area contributed by atoms with Crippen LogP contribution in [0.4, 0.5) is 5.82 Å². The maximum absolute atomic E-state index is 10.9. The van der Waals surface area contributed by atoms with E-state index in [-0.39, 0.29) is 5.56 Å². The van der Waals surface area contributed by atoms with E-state index in [2.05, 4.69) is 0 Å². The highest BCUT2D eigenvalue weighted by Gasteiger charge is 2.00. The van der Waals surface area contributed by atoms with Gasteiger partial charge in [-0.15, -0.1) is 0 Å². The lowest BCUT2D eigenvalue weighted by Crippen LogP contribution is -2.18. The Balaban J connectivity index is 3.34. The summed E-state index contributed by atoms with van der Waals surface area (Å²) in [4.78, 5) is 10.9. The standard InChI is InChI=1S/C6H11N3O/c1-3-9-5(7)4-6(10)8(9)2/h4H,3,7H2,1-2H3. The first kappa shape index (κ1) is 6.92. The predicted molar refractivity (Wildman–Crippen MR) is 39.8 cm³/mol. The average molecular weight is 141 g/mol. The van der Waals surface area contributed by atoms with Gasteiger partial charge in [0.1, 0.15) is 5.82 Å². The smallest absolute Gasteiger partial charge is 0.268 e. The predicted octanol–water partition coefficient (Wildman–Crippen LogP) is -0.211. The molecule has 0 atom stereocenters. The van der Waals surface area contributed by atoms with Gasteiger partial charge in [0.25, 0.3) is 5.56 Å². The summed E-state index contributed by atoms with van der Waals surface area (Å²) in [6, 6.07) is 1.42. The van der Waals surface area contributed by atoms with Crippen molar-refractivity contribution in [1.29, 1.82) is 0 Å². The molecular weight excluding hydrogens is 130 g/mol. The Morgan fingerprint density at radius 2 is 2.30 bits per heavy atom. The Hall–Kier alpha value is -1.19. The van der Waals surface area contributed by atoms with Gasteiger partial charge in [0.15, 0.2) is 0 Å². The minimum absolute atomic E-state index is 0.0562. The molecule has 2 N–H and O–H groups in total. The molecule has 0 aliphatic heterocycles. The lowest BCUT2D eigenvalue weighted by atomic mass is 10.6. The van der Waals surface area contributed by atoms with Crippen molar-refractivity contribution < 1.29 is 0 Å². The molecule has 4 heteroatoms. The largest absolute Gasteiger partial charge is 0.384 e. The Kier molecular flexibility index (Phi) is 1.53. The van der Waals surface area contributed by atoms with Crippen molar-refractivity contribution >= 4 is 5.82 Å². The van der Waals surface area contributed by atoms with E-state index in [4.69, 9.17) is 5.73 Å². The van der Waals surface area contributed by atoms with Crippen molar-refractivity contribution in [3.63, 3.8) is 0 Å². The Morgan fingerprint density at radius 3 is 2.50 bits per heavy atom. The maximum Gasteiger partial charge on any atom is 0.268 e. The monoisotopic (exact) mass is 141 g/mol. The molecule has 0 radical (unpaired) electrons. The number of anilines is 1.